The first-order valence-corrected chi connectivity index (χ1v) is 11.2. The monoisotopic (exact) mass is 519 g/mol. The van der Waals surface area contributed by atoms with Crippen LogP contribution in [0.15, 0.2) is 65.8 Å². The highest BCUT2D eigenvalue weighted by Gasteiger charge is 2.15. The summed E-state index contributed by atoms with van der Waals surface area (Å²) in [6, 6.07) is 16.6. The van der Waals surface area contributed by atoms with Crippen LogP contribution in [0.5, 0.6) is 11.5 Å². The van der Waals surface area contributed by atoms with Gasteiger partial charge in [0.1, 0.15) is 0 Å². The van der Waals surface area contributed by atoms with Gasteiger partial charge >= 0.3 is 0 Å². The van der Waals surface area contributed by atoms with Gasteiger partial charge < -0.3 is 14.8 Å². The third-order valence-corrected chi connectivity index (χ3v) is 5.32. The number of hydrogen-bond acceptors (Lipinski definition) is 5. The van der Waals surface area contributed by atoms with E-state index in [0.717, 1.165) is 0 Å². The second-order valence-electron chi connectivity index (χ2n) is 6.79. The molecule has 34 heavy (non-hydrogen) atoms. The Kier molecular flexibility index (Phi) is 9.16. The molecular weight excluding hydrogens is 501 g/mol. The Morgan fingerprint density at radius 1 is 0.941 bits per heavy atom. The summed E-state index contributed by atoms with van der Waals surface area (Å²) in [6.45, 7) is 1.82. The quantitative estimate of drug-likeness (QED) is 0.274. The molecule has 0 aliphatic carbocycles. The van der Waals surface area contributed by atoms with Crippen molar-refractivity contribution >= 4 is 58.5 Å². The maximum atomic E-state index is 12.3. The Morgan fingerprint density at radius 2 is 1.71 bits per heavy atom. The second-order valence-corrected chi connectivity index (χ2v) is 8.02. The van der Waals surface area contributed by atoms with Crippen LogP contribution in [0.25, 0.3) is 0 Å². The largest absolute Gasteiger partial charge is 0.490 e. The molecule has 3 aromatic carbocycles. The zero-order chi connectivity index (χ0) is 24.5. The maximum absolute atomic E-state index is 12.3. The zero-order valence-electron chi connectivity index (χ0n) is 18.0. The number of halogens is 3. The molecule has 0 bridgehead atoms. The van der Waals surface area contributed by atoms with Crippen LogP contribution in [0.2, 0.25) is 15.1 Å². The summed E-state index contributed by atoms with van der Waals surface area (Å²) in [7, 11) is 0. The number of hydrazone groups is 1. The van der Waals surface area contributed by atoms with Crippen LogP contribution in [0.1, 0.15) is 22.8 Å². The molecule has 3 aromatic rings. The highest BCUT2D eigenvalue weighted by Crippen LogP contribution is 2.36. The van der Waals surface area contributed by atoms with Crippen molar-refractivity contribution in [3.63, 3.8) is 0 Å². The highest BCUT2D eigenvalue weighted by molar-refractivity contribution is 6.42. The van der Waals surface area contributed by atoms with Crippen LogP contribution in [0.3, 0.4) is 0 Å². The van der Waals surface area contributed by atoms with Crippen LogP contribution < -0.4 is 20.2 Å². The Bertz CT molecular complexity index is 1200. The molecule has 0 atom stereocenters. The van der Waals surface area contributed by atoms with Crippen LogP contribution in [0.4, 0.5) is 5.69 Å². The van der Waals surface area contributed by atoms with E-state index in [2.05, 4.69) is 15.8 Å². The summed E-state index contributed by atoms with van der Waals surface area (Å²) in [5, 5.41) is 7.54. The molecule has 2 N–H and O–H groups in total. The molecule has 7 nitrogen and oxygen atoms in total. The predicted molar refractivity (Wildman–Crippen MR) is 135 cm³/mol. The molecule has 0 radical (unpaired) electrons. The minimum absolute atomic E-state index is 0.207. The van der Waals surface area contributed by atoms with E-state index in [1.54, 1.807) is 55.5 Å². The number of benzene rings is 3. The van der Waals surface area contributed by atoms with Crippen molar-refractivity contribution in [1.82, 2.24) is 5.43 Å². The molecule has 10 heteroatoms. The van der Waals surface area contributed by atoms with Gasteiger partial charge in [0.15, 0.2) is 18.1 Å². The molecule has 0 aliphatic heterocycles. The van der Waals surface area contributed by atoms with Crippen molar-refractivity contribution < 1.29 is 19.1 Å². The fraction of sp³-hybridized carbons (Fsp3) is 0.125. The number of ether oxygens (including phenoxy) is 2. The average molecular weight is 521 g/mol. The van der Waals surface area contributed by atoms with Crippen LogP contribution in [0, 0.1) is 0 Å². The molecule has 0 saturated carbocycles. The van der Waals surface area contributed by atoms with Gasteiger partial charge in [-0.2, -0.15) is 5.10 Å². The summed E-state index contributed by atoms with van der Waals surface area (Å²) >= 11 is 18.2. The number of nitrogens with zero attached hydrogens (tertiary/aromatic N) is 1. The number of carbonyl (C=O) groups is 2. The lowest BCUT2D eigenvalue weighted by Gasteiger charge is -2.14. The number of amides is 2. The van der Waals surface area contributed by atoms with E-state index in [1.165, 1.54) is 12.3 Å². The predicted octanol–water partition coefficient (Wildman–Crippen LogP) is 5.83. The molecule has 0 spiro atoms. The van der Waals surface area contributed by atoms with Gasteiger partial charge in [0, 0.05) is 11.3 Å². The lowest BCUT2D eigenvalue weighted by Crippen LogP contribution is -2.20. The van der Waals surface area contributed by atoms with Crippen molar-refractivity contribution in [1.29, 1.82) is 0 Å². The zero-order valence-corrected chi connectivity index (χ0v) is 20.2. The third-order valence-electron chi connectivity index (χ3n) is 4.30. The Balaban J connectivity index is 1.66. The molecule has 176 valence electrons. The van der Waals surface area contributed by atoms with Crippen LogP contribution in [-0.4, -0.2) is 31.2 Å². The third kappa shape index (κ3) is 7.12. The molecule has 0 fully saturated rings. The fourth-order valence-corrected chi connectivity index (χ4v) is 3.37. The minimum Gasteiger partial charge on any atom is -0.490 e. The van der Waals surface area contributed by atoms with Gasteiger partial charge in [0.05, 0.1) is 27.9 Å². The van der Waals surface area contributed by atoms with Gasteiger partial charge in [-0.05, 0) is 55.0 Å². The van der Waals surface area contributed by atoms with Gasteiger partial charge in [0.25, 0.3) is 11.8 Å². The van der Waals surface area contributed by atoms with Gasteiger partial charge in [0.2, 0.25) is 0 Å². The standard InChI is InChI=1S/C24H20Cl3N3O4/c1-2-33-21-11-15(13-28-30-24(32)16-6-4-3-5-7-16)10-20(27)23(21)34-14-22(31)29-17-8-9-18(25)19(26)12-17/h3-13H,2,14H2,1H3,(H,29,31)(H,30,32)/b28-13+. The van der Waals surface area contributed by atoms with Gasteiger partial charge in [-0.1, -0.05) is 53.0 Å². The molecule has 0 heterocycles. The van der Waals surface area contributed by atoms with Crippen molar-refractivity contribution in [2.45, 2.75) is 6.92 Å². The average Bonchev–Trinajstić information content (AvgIpc) is 2.81. The molecule has 0 saturated heterocycles. The van der Waals surface area contributed by atoms with E-state index in [4.69, 9.17) is 44.3 Å². The van der Waals surface area contributed by atoms with E-state index in [1.807, 2.05) is 6.07 Å². The van der Waals surface area contributed by atoms with E-state index < -0.39 is 5.91 Å². The van der Waals surface area contributed by atoms with Gasteiger partial charge in [-0.15, -0.1) is 0 Å². The smallest absolute Gasteiger partial charge is 0.271 e. The molecule has 0 aliphatic rings. The van der Waals surface area contributed by atoms with E-state index >= 15 is 0 Å². The maximum Gasteiger partial charge on any atom is 0.271 e. The number of hydrogen-bond donors (Lipinski definition) is 2. The van der Waals surface area contributed by atoms with Gasteiger partial charge in [-0.3, -0.25) is 9.59 Å². The van der Waals surface area contributed by atoms with Crippen molar-refractivity contribution in [2.75, 3.05) is 18.5 Å². The van der Waals surface area contributed by atoms with Crippen molar-refractivity contribution in [3.8, 4) is 11.5 Å². The lowest BCUT2D eigenvalue weighted by molar-refractivity contribution is -0.118. The molecule has 3 rings (SSSR count). The minimum atomic E-state index is -0.425. The lowest BCUT2D eigenvalue weighted by atomic mass is 10.2. The Labute approximate surface area is 211 Å². The molecular formula is C24H20Cl3N3O4. The van der Waals surface area contributed by atoms with Gasteiger partial charge in [-0.25, -0.2) is 5.43 Å². The first kappa shape index (κ1) is 25.4. The normalized spacial score (nSPS) is 10.7. The van der Waals surface area contributed by atoms with Crippen molar-refractivity contribution in [3.05, 3.63) is 86.9 Å². The van der Waals surface area contributed by atoms with E-state index in [0.29, 0.717) is 39.2 Å². The SMILES string of the molecule is CCOc1cc(/C=N/NC(=O)c2ccccc2)cc(Cl)c1OCC(=O)Nc1ccc(Cl)c(Cl)c1. The molecule has 2 amide bonds. The summed E-state index contributed by atoms with van der Waals surface area (Å²) in [4.78, 5) is 24.4. The summed E-state index contributed by atoms with van der Waals surface area (Å²) < 4.78 is 11.2. The second kappa shape index (κ2) is 12.3. The number of carbonyl (C=O) groups excluding carboxylic acids is 2. The fourth-order valence-electron chi connectivity index (χ4n) is 2.79. The Hall–Kier alpha value is -3.26. The highest BCUT2D eigenvalue weighted by atomic mass is 35.5. The first-order chi connectivity index (χ1) is 16.4. The number of rotatable bonds is 9. The number of anilines is 1. The first-order valence-electron chi connectivity index (χ1n) is 10.1. The van der Waals surface area contributed by atoms with E-state index in [9.17, 15) is 9.59 Å². The van der Waals surface area contributed by atoms with Crippen LogP contribution >= 0.6 is 34.8 Å². The van der Waals surface area contributed by atoms with E-state index in [-0.39, 0.29) is 23.3 Å². The summed E-state index contributed by atoms with van der Waals surface area (Å²) in [5.41, 5.74) is 3.97. The Morgan fingerprint density at radius 3 is 2.41 bits per heavy atom. The summed E-state index contributed by atoms with van der Waals surface area (Å²) in [5.74, 6) is -0.237. The number of nitrogens with one attached hydrogen (secondary N) is 2. The van der Waals surface area contributed by atoms with Crippen LogP contribution in [-0.2, 0) is 4.79 Å². The van der Waals surface area contributed by atoms with Crippen molar-refractivity contribution in [2.24, 2.45) is 5.10 Å². The molecule has 0 aromatic heterocycles. The summed E-state index contributed by atoms with van der Waals surface area (Å²) in [6.07, 6.45) is 1.43. The topological polar surface area (TPSA) is 89.0 Å². The molecule has 0 unspecified atom stereocenters.